The van der Waals surface area contributed by atoms with E-state index in [4.69, 9.17) is 11.1 Å². The van der Waals surface area contributed by atoms with Gasteiger partial charge in [0, 0.05) is 6.04 Å². The van der Waals surface area contributed by atoms with Crippen molar-refractivity contribution in [1.29, 1.82) is 5.41 Å². The zero-order valence-electron chi connectivity index (χ0n) is 11.4. The fraction of sp³-hybridized carbons (Fsp3) is 0.917. The van der Waals surface area contributed by atoms with Crippen LogP contribution in [0.3, 0.4) is 0 Å². The van der Waals surface area contributed by atoms with Gasteiger partial charge in [0.15, 0.2) is 0 Å². The molecule has 0 spiro atoms. The van der Waals surface area contributed by atoms with Crippen molar-refractivity contribution >= 4 is 15.9 Å². The number of sulfonamides is 1. The van der Waals surface area contributed by atoms with Crippen LogP contribution in [-0.4, -0.2) is 36.9 Å². The Labute approximate surface area is 110 Å². The minimum atomic E-state index is -3.30. The molecule has 1 rings (SSSR count). The molecule has 18 heavy (non-hydrogen) atoms. The molecule has 5 nitrogen and oxygen atoms in total. The van der Waals surface area contributed by atoms with Gasteiger partial charge in [0.05, 0.1) is 12.3 Å². The van der Waals surface area contributed by atoms with E-state index in [0.29, 0.717) is 0 Å². The predicted molar refractivity (Wildman–Crippen MR) is 74.1 cm³/mol. The van der Waals surface area contributed by atoms with Gasteiger partial charge in [0.2, 0.25) is 10.0 Å². The van der Waals surface area contributed by atoms with Crippen molar-refractivity contribution in [2.75, 3.05) is 12.3 Å². The highest BCUT2D eigenvalue weighted by atomic mass is 32.2. The topological polar surface area (TPSA) is 87.2 Å². The second-order valence-electron chi connectivity index (χ2n) is 5.45. The molecule has 106 valence electrons. The third-order valence-electron chi connectivity index (χ3n) is 3.43. The van der Waals surface area contributed by atoms with E-state index in [1.807, 2.05) is 13.8 Å². The van der Waals surface area contributed by atoms with Gasteiger partial charge in [-0.05, 0) is 32.6 Å². The molecule has 0 amide bonds. The van der Waals surface area contributed by atoms with Gasteiger partial charge in [-0.15, -0.1) is 0 Å². The maximum atomic E-state index is 12.3. The molecule has 0 aromatic rings. The average Bonchev–Trinajstić information content (AvgIpc) is 2.26. The Morgan fingerprint density at radius 2 is 1.89 bits per heavy atom. The Balaban J connectivity index is 2.71. The molecular formula is C12H25N3O2S. The van der Waals surface area contributed by atoms with Gasteiger partial charge in [0.25, 0.3) is 0 Å². The number of hydrogen-bond acceptors (Lipinski definition) is 3. The van der Waals surface area contributed by atoms with Crippen LogP contribution in [0.4, 0.5) is 0 Å². The molecule has 0 heterocycles. The highest BCUT2D eigenvalue weighted by molar-refractivity contribution is 7.89. The van der Waals surface area contributed by atoms with Gasteiger partial charge < -0.3 is 5.73 Å². The molecule has 3 N–H and O–H groups in total. The van der Waals surface area contributed by atoms with E-state index in [-0.39, 0.29) is 30.1 Å². The maximum absolute atomic E-state index is 12.3. The molecule has 0 radical (unpaired) electrons. The Kier molecular flexibility index (Phi) is 5.59. The zero-order valence-corrected chi connectivity index (χ0v) is 12.2. The molecule has 6 heteroatoms. The average molecular weight is 275 g/mol. The highest BCUT2D eigenvalue weighted by Gasteiger charge is 2.29. The van der Waals surface area contributed by atoms with E-state index < -0.39 is 10.0 Å². The Morgan fingerprint density at radius 3 is 2.33 bits per heavy atom. The van der Waals surface area contributed by atoms with Gasteiger partial charge in [0.1, 0.15) is 5.84 Å². The largest absolute Gasteiger partial charge is 0.387 e. The van der Waals surface area contributed by atoms with Gasteiger partial charge >= 0.3 is 0 Å². The molecular weight excluding hydrogens is 250 g/mol. The molecule has 0 bridgehead atoms. The molecule has 0 aromatic heterocycles. The molecule has 1 aliphatic rings. The summed E-state index contributed by atoms with van der Waals surface area (Å²) in [5.74, 6) is 0.381. The maximum Gasteiger partial charge on any atom is 0.215 e. The number of amidine groups is 1. The van der Waals surface area contributed by atoms with Crippen LogP contribution in [0, 0.1) is 11.3 Å². The standard InChI is InChI=1S/C12H25N3O2S/c1-10(2)15(8-12(13)14)18(16,17)9-11-6-4-3-5-7-11/h10-11H,3-9H2,1-2H3,(H3,13,14). The van der Waals surface area contributed by atoms with Gasteiger partial charge in [-0.2, -0.15) is 4.31 Å². The van der Waals surface area contributed by atoms with Crippen molar-refractivity contribution in [2.45, 2.75) is 52.0 Å². The molecule has 0 aliphatic heterocycles. The van der Waals surface area contributed by atoms with Crippen molar-refractivity contribution in [2.24, 2.45) is 11.7 Å². The molecule has 1 aliphatic carbocycles. The predicted octanol–water partition coefficient (Wildman–Crippen LogP) is 1.54. The summed E-state index contributed by atoms with van der Waals surface area (Å²) >= 11 is 0. The fourth-order valence-electron chi connectivity index (χ4n) is 2.52. The minimum Gasteiger partial charge on any atom is -0.387 e. The molecule has 1 saturated carbocycles. The van der Waals surface area contributed by atoms with Crippen LogP contribution < -0.4 is 5.73 Å². The second kappa shape index (κ2) is 6.52. The van der Waals surface area contributed by atoms with Crippen LogP contribution in [0.2, 0.25) is 0 Å². The summed E-state index contributed by atoms with van der Waals surface area (Å²) in [6, 6.07) is -0.150. The summed E-state index contributed by atoms with van der Waals surface area (Å²) in [5.41, 5.74) is 5.34. The zero-order chi connectivity index (χ0) is 13.8. The monoisotopic (exact) mass is 275 g/mol. The van der Waals surface area contributed by atoms with Crippen LogP contribution >= 0.6 is 0 Å². The van der Waals surface area contributed by atoms with Crippen LogP contribution in [0.1, 0.15) is 46.0 Å². The third-order valence-corrected chi connectivity index (χ3v) is 5.59. The van der Waals surface area contributed by atoms with E-state index in [1.165, 1.54) is 10.7 Å². The van der Waals surface area contributed by atoms with E-state index in [9.17, 15) is 8.42 Å². The lowest BCUT2D eigenvalue weighted by molar-refractivity contribution is 0.356. The normalized spacial score (nSPS) is 18.4. The summed E-state index contributed by atoms with van der Waals surface area (Å²) < 4.78 is 26.1. The number of rotatable bonds is 6. The lowest BCUT2D eigenvalue weighted by atomic mass is 9.91. The molecule has 0 atom stereocenters. The number of hydrogen-bond donors (Lipinski definition) is 2. The lowest BCUT2D eigenvalue weighted by Gasteiger charge is -2.29. The lowest BCUT2D eigenvalue weighted by Crippen LogP contribution is -2.44. The van der Waals surface area contributed by atoms with Crippen molar-refractivity contribution in [3.63, 3.8) is 0 Å². The van der Waals surface area contributed by atoms with Gasteiger partial charge in [-0.25, -0.2) is 8.42 Å². The summed E-state index contributed by atoms with van der Waals surface area (Å²) in [6.07, 6.45) is 5.50. The van der Waals surface area contributed by atoms with Gasteiger partial charge in [-0.1, -0.05) is 19.3 Å². The molecule has 0 aromatic carbocycles. The molecule has 0 unspecified atom stereocenters. The number of nitrogens with one attached hydrogen (secondary N) is 1. The fourth-order valence-corrected chi connectivity index (χ4v) is 4.62. The third kappa shape index (κ3) is 4.57. The van der Waals surface area contributed by atoms with E-state index in [0.717, 1.165) is 25.7 Å². The number of nitrogens with two attached hydrogens (primary N) is 1. The highest BCUT2D eigenvalue weighted by Crippen LogP contribution is 2.26. The van der Waals surface area contributed by atoms with Crippen molar-refractivity contribution in [3.05, 3.63) is 0 Å². The van der Waals surface area contributed by atoms with Crippen LogP contribution in [0.25, 0.3) is 0 Å². The Morgan fingerprint density at radius 1 is 1.33 bits per heavy atom. The van der Waals surface area contributed by atoms with Crippen LogP contribution in [-0.2, 0) is 10.0 Å². The first-order chi connectivity index (χ1) is 8.33. The Hall–Kier alpha value is -0.620. The van der Waals surface area contributed by atoms with Crippen molar-refractivity contribution in [1.82, 2.24) is 4.31 Å². The SMILES string of the molecule is CC(C)N(CC(=N)N)S(=O)(=O)CC1CCCCC1. The van der Waals surface area contributed by atoms with Crippen molar-refractivity contribution in [3.8, 4) is 0 Å². The quantitative estimate of drug-likeness (QED) is 0.569. The molecule has 0 saturated heterocycles. The Bertz CT molecular complexity index is 373. The van der Waals surface area contributed by atoms with E-state index >= 15 is 0 Å². The first-order valence-electron chi connectivity index (χ1n) is 6.65. The first-order valence-corrected chi connectivity index (χ1v) is 8.26. The molecule has 1 fully saturated rings. The summed E-state index contributed by atoms with van der Waals surface area (Å²) in [7, 11) is -3.30. The van der Waals surface area contributed by atoms with Gasteiger partial charge in [-0.3, -0.25) is 5.41 Å². The smallest absolute Gasteiger partial charge is 0.215 e. The number of nitrogens with zero attached hydrogens (tertiary/aromatic N) is 1. The van der Waals surface area contributed by atoms with E-state index in [2.05, 4.69) is 0 Å². The second-order valence-corrected chi connectivity index (χ2v) is 7.41. The van der Waals surface area contributed by atoms with E-state index in [1.54, 1.807) is 0 Å². The minimum absolute atomic E-state index is 0.00667. The summed E-state index contributed by atoms with van der Waals surface area (Å²) in [5, 5.41) is 7.29. The van der Waals surface area contributed by atoms with Crippen LogP contribution in [0.15, 0.2) is 0 Å². The summed E-state index contributed by atoms with van der Waals surface area (Å²) in [4.78, 5) is 0. The van der Waals surface area contributed by atoms with Crippen LogP contribution in [0.5, 0.6) is 0 Å². The van der Waals surface area contributed by atoms with Crippen molar-refractivity contribution < 1.29 is 8.42 Å². The summed E-state index contributed by atoms with van der Waals surface area (Å²) in [6.45, 7) is 3.65. The first kappa shape index (κ1) is 15.4.